The van der Waals surface area contributed by atoms with Crippen LogP contribution in [0.1, 0.15) is 25.5 Å². The van der Waals surface area contributed by atoms with E-state index in [4.69, 9.17) is 10.00 Å². The fourth-order valence-corrected chi connectivity index (χ4v) is 1.18. The van der Waals surface area contributed by atoms with Gasteiger partial charge >= 0.3 is 5.97 Å². The highest BCUT2D eigenvalue weighted by atomic mass is 16.5. The molecule has 1 aromatic rings. The molecule has 0 N–H and O–H groups in total. The molecule has 0 heterocycles. The number of carbonyl (C=O) groups is 1. The molecule has 0 fully saturated rings. The quantitative estimate of drug-likeness (QED) is 0.575. The summed E-state index contributed by atoms with van der Waals surface area (Å²) in [6, 6.07) is 10.9. The van der Waals surface area contributed by atoms with Crippen LogP contribution in [-0.2, 0) is 9.53 Å². The number of ether oxygens (including phenoxy) is 1. The molecule has 0 saturated carbocycles. The van der Waals surface area contributed by atoms with Crippen LogP contribution in [0.5, 0.6) is 0 Å². The van der Waals surface area contributed by atoms with Crippen molar-refractivity contribution in [2.24, 2.45) is 0 Å². The number of esters is 1. The minimum atomic E-state index is -0.843. The maximum Gasteiger partial charge on any atom is 0.332 e. The fraction of sp³-hybridized carbons (Fsp3) is 0.231. The number of hydrogen-bond donors (Lipinski definition) is 0. The highest BCUT2D eigenvalue weighted by Crippen LogP contribution is 2.16. The molecule has 0 bridgehead atoms. The molecule has 0 amide bonds. The standard InChI is InChI=1S/C13H13NO2/c1-10(2)8-13(15)16-12(9-14)11-6-4-3-5-7-11/h3-8,12H,1-2H3. The van der Waals surface area contributed by atoms with Gasteiger partial charge in [-0.15, -0.1) is 0 Å². The minimum absolute atomic E-state index is 0.490. The van der Waals surface area contributed by atoms with Gasteiger partial charge in [0.05, 0.1) is 0 Å². The van der Waals surface area contributed by atoms with Crippen LogP contribution in [0.2, 0.25) is 0 Å². The van der Waals surface area contributed by atoms with Crippen LogP contribution in [0.4, 0.5) is 0 Å². The number of benzene rings is 1. The van der Waals surface area contributed by atoms with Gasteiger partial charge in [-0.3, -0.25) is 0 Å². The Kier molecular flexibility index (Phi) is 4.28. The normalized spacial score (nSPS) is 11.1. The summed E-state index contributed by atoms with van der Waals surface area (Å²) in [5, 5.41) is 8.91. The van der Waals surface area contributed by atoms with E-state index >= 15 is 0 Å². The van der Waals surface area contributed by atoms with Crippen molar-refractivity contribution >= 4 is 5.97 Å². The van der Waals surface area contributed by atoms with Gasteiger partial charge < -0.3 is 4.74 Å². The SMILES string of the molecule is CC(C)=CC(=O)OC(C#N)c1ccccc1. The van der Waals surface area contributed by atoms with Gasteiger partial charge in [0.25, 0.3) is 0 Å². The highest BCUT2D eigenvalue weighted by Gasteiger charge is 2.13. The molecule has 1 rings (SSSR count). The second-order valence-corrected chi connectivity index (χ2v) is 3.58. The number of hydrogen-bond acceptors (Lipinski definition) is 3. The Morgan fingerprint density at radius 3 is 2.50 bits per heavy atom. The molecule has 1 atom stereocenters. The van der Waals surface area contributed by atoms with Crippen LogP contribution in [0.25, 0.3) is 0 Å². The molecule has 1 aromatic carbocycles. The van der Waals surface area contributed by atoms with Gasteiger partial charge in [-0.05, 0) is 13.8 Å². The van der Waals surface area contributed by atoms with Crippen molar-refractivity contribution in [3.8, 4) is 6.07 Å². The smallest absolute Gasteiger partial charge is 0.332 e. The van der Waals surface area contributed by atoms with E-state index in [1.165, 1.54) is 6.08 Å². The molecule has 0 saturated heterocycles. The van der Waals surface area contributed by atoms with E-state index < -0.39 is 12.1 Å². The molecular weight excluding hydrogens is 202 g/mol. The lowest BCUT2D eigenvalue weighted by molar-refractivity contribution is -0.140. The molecule has 16 heavy (non-hydrogen) atoms. The first-order chi connectivity index (χ1) is 7.63. The first-order valence-electron chi connectivity index (χ1n) is 4.93. The average Bonchev–Trinajstić information content (AvgIpc) is 2.26. The molecule has 3 nitrogen and oxygen atoms in total. The van der Waals surface area contributed by atoms with E-state index in [9.17, 15) is 4.79 Å². The van der Waals surface area contributed by atoms with Gasteiger partial charge in [-0.2, -0.15) is 5.26 Å². The van der Waals surface area contributed by atoms with Gasteiger partial charge in [0.15, 0.2) is 0 Å². The second kappa shape index (κ2) is 5.72. The van der Waals surface area contributed by atoms with E-state index in [1.54, 1.807) is 38.1 Å². The predicted octanol–water partition coefficient (Wildman–Crippen LogP) is 2.76. The lowest BCUT2D eigenvalue weighted by atomic mass is 10.1. The van der Waals surface area contributed by atoms with E-state index in [-0.39, 0.29) is 0 Å². The number of nitriles is 1. The van der Waals surface area contributed by atoms with Gasteiger partial charge in [0, 0.05) is 11.6 Å². The van der Waals surface area contributed by atoms with Crippen LogP contribution >= 0.6 is 0 Å². The zero-order valence-electron chi connectivity index (χ0n) is 9.31. The summed E-state index contributed by atoms with van der Waals surface area (Å²) in [6.45, 7) is 3.59. The van der Waals surface area contributed by atoms with E-state index in [0.717, 1.165) is 5.57 Å². The Balaban J connectivity index is 2.76. The Hall–Kier alpha value is -2.08. The lowest BCUT2D eigenvalue weighted by Crippen LogP contribution is -2.07. The number of rotatable bonds is 3. The van der Waals surface area contributed by atoms with Crippen LogP contribution in [-0.4, -0.2) is 5.97 Å². The Labute approximate surface area is 95.0 Å². The average molecular weight is 215 g/mol. The van der Waals surface area contributed by atoms with Gasteiger partial charge in [0.1, 0.15) is 6.07 Å². The van der Waals surface area contributed by atoms with Crippen LogP contribution in [0.15, 0.2) is 42.0 Å². The Morgan fingerprint density at radius 1 is 1.38 bits per heavy atom. The van der Waals surface area contributed by atoms with Gasteiger partial charge in [0.2, 0.25) is 6.10 Å². The zero-order chi connectivity index (χ0) is 12.0. The minimum Gasteiger partial charge on any atom is -0.439 e. The predicted molar refractivity (Wildman–Crippen MR) is 60.3 cm³/mol. The van der Waals surface area contributed by atoms with Crippen molar-refractivity contribution in [1.82, 2.24) is 0 Å². The van der Waals surface area contributed by atoms with E-state index in [1.807, 2.05) is 12.1 Å². The lowest BCUT2D eigenvalue weighted by Gasteiger charge is -2.09. The van der Waals surface area contributed by atoms with Crippen molar-refractivity contribution in [3.05, 3.63) is 47.5 Å². The van der Waals surface area contributed by atoms with Crippen molar-refractivity contribution in [1.29, 1.82) is 5.26 Å². The van der Waals surface area contributed by atoms with Crippen molar-refractivity contribution in [2.45, 2.75) is 20.0 Å². The van der Waals surface area contributed by atoms with Gasteiger partial charge in [-0.1, -0.05) is 35.9 Å². The number of allylic oxidation sites excluding steroid dienone is 1. The van der Waals surface area contributed by atoms with E-state index in [0.29, 0.717) is 5.56 Å². The molecule has 3 heteroatoms. The molecule has 0 aromatic heterocycles. The van der Waals surface area contributed by atoms with Crippen molar-refractivity contribution < 1.29 is 9.53 Å². The monoisotopic (exact) mass is 215 g/mol. The summed E-state index contributed by atoms with van der Waals surface area (Å²) < 4.78 is 5.02. The molecule has 0 aliphatic carbocycles. The molecule has 1 unspecified atom stereocenters. The highest BCUT2D eigenvalue weighted by molar-refractivity contribution is 5.83. The maximum atomic E-state index is 11.3. The molecule has 0 aliphatic rings. The fourth-order valence-electron chi connectivity index (χ4n) is 1.18. The Bertz CT molecular complexity index is 425. The summed E-state index contributed by atoms with van der Waals surface area (Å²) in [5.74, 6) is -0.490. The number of carbonyl (C=O) groups excluding carboxylic acids is 1. The van der Waals surface area contributed by atoms with Crippen LogP contribution in [0.3, 0.4) is 0 Å². The molecule has 82 valence electrons. The molecule has 0 radical (unpaired) electrons. The Morgan fingerprint density at radius 2 is 2.00 bits per heavy atom. The zero-order valence-corrected chi connectivity index (χ0v) is 9.31. The van der Waals surface area contributed by atoms with Crippen LogP contribution in [0, 0.1) is 11.3 Å². The summed E-state index contributed by atoms with van der Waals surface area (Å²) in [5.41, 5.74) is 1.52. The maximum absolute atomic E-state index is 11.3. The van der Waals surface area contributed by atoms with Crippen LogP contribution < -0.4 is 0 Å². The van der Waals surface area contributed by atoms with Crippen molar-refractivity contribution in [2.75, 3.05) is 0 Å². The van der Waals surface area contributed by atoms with E-state index in [2.05, 4.69) is 0 Å². The first kappa shape index (κ1) is 12.0. The van der Waals surface area contributed by atoms with Crippen molar-refractivity contribution in [3.63, 3.8) is 0 Å². The van der Waals surface area contributed by atoms with Gasteiger partial charge in [-0.25, -0.2) is 4.79 Å². The first-order valence-corrected chi connectivity index (χ1v) is 4.93. The third kappa shape index (κ3) is 3.58. The summed E-state index contributed by atoms with van der Waals surface area (Å²) >= 11 is 0. The largest absolute Gasteiger partial charge is 0.439 e. The third-order valence-corrected chi connectivity index (χ3v) is 1.86. The summed E-state index contributed by atoms with van der Waals surface area (Å²) in [6.07, 6.45) is 0.525. The summed E-state index contributed by atoms with van der Waals surface area (Å²) in [4.78, 5) is 11.3. The molecule has 0 aliphatic heterocycles. The topological polar surface area (TPSA) is 50.1 Å². The third-order valence-electron chi connectivity index (χ3n) is 1.86. The molecular formula is C13H13NO2. The molecule has 0 spiro atoms. The number of nitrogens with zero attached hydrogens (tertiary/aromatic N) is 1. The second-order valence-electron chi connectivity index (χ2n) is 3.58. The summed E-state index contributed by atoms with van der Waals surface area (Å²) in [7, 11) is 0.